The molecule has 0 bridgehead atoms. The molecule has 0 saturated heterocycles. The maximum atomic E-state index is 10.5. The second-order valence-corrected chi connectivity index (χ2v) is 4.42. The molecule has 13 heavy (non-hydrogen) atoms. The zero-order valence-corrected chi connectivity index (χ0v) is 8.44. The molecule has 0 fully saturated rings. The largest absolute Gasteiger partial charge is 0.481 e. The van der Waals surface area contributed by atoms with Gasteiger partial charge in [0.1, 0.15) is 0 Å². The lowest BCUT2D eigenvalue weighted by Gasteiger charge is -2.08. The lowest BCUT2D eigenvalue weighted by atomic mass is 10.0. The van der Waals surface area contributed by atoms with Crippen LogP contribution in [-0.4, -0.2) is 17.6 Å². The molecule has 1 rings (SSSR count). The van der Waals surface area contributed by atoms with Crippen molar-refractivity contribution in [2.45, 2.75) is 12.3 Å². The number of nitrogens with two attached hydrogens (primary N) is 1. The molecule has 1 aromatic rings. The fourth-order valence-corrected chi connectivity index (χ4v) is 2.23. The number of aliphatic carboxylic acids is 1. The Morgan fingerprint density at radius 1 is 1.69 bits per heavy atom. The van der Waals surface area contributed by atoms with Gasteiger partial charge in [0.15, 0.2) is 0 Å². The quantitative estimate of drug-likeness (QED) is 0.813. The highest BCUT2D eigenvalue weighted by molar-refractivity contribution is 7.16. The molecule has 1 heterocycles. The van der Waals surface area contributed by atoms with Crippen molar-refractivity contribution < 1.29 is 9.90 Å². The second kappa shape index (κ2) is 4.60. The van der Waals surface area contributed by atoms with E-state index in [0.717, 1.165) is 4.88 Å². The van der Waals surface area contributed by atoms with Crippen molar-refractivity contribution in [1.82, 2.24) is 0 Å². The van der Waals surface area contributed by atoms with Crippen LogP contribution < -0.4 is 5.73 Å². The summed E-state index contributed by atoms with van der Waals surface area (Å²) in [5, 5.41) is 8.60. The van der Waals surface area contributed by atoms with Crippen molar-refractivity contribution in [3.8, 4) is 0 Å². The van der Waals surface area contributed by atoms with Crippen LogP contribution >= 0.6 is 22.9 Å². The second-order valence-electron chi connectivity index (χ2n) is 2.67. The van der Waals surface area contributed by atoms with Crippen LogP contribution in [-0.2, 0) is 4.79 Å². The van der Waals surface area contributed by atoms with Crippen molar-refractivity contribution in [2.24, 2.45) is 5.73 Å². The van der Waals surface area contributed by atoms with Gasteiger partial charge in [-0.3, -0.25) is 4.79 Å². The van der Waals surface area contributed by atoms with E-state index in [2.05, 4.69) is 0 Å². The molecule has 5 heteroatoms. The molecule has 0 amide bonds. The maximum Gasteiger partial charge on any atom is 0.304 e. The number of rotatable bonds is 4. The molecule has 0 spiro atoms. The molecular formula is C8H10ClNO2S. The van der Waals surface area contributed by atoms with E-state index in [9.17, 15) is 4.79 Å². The minimum absolute atomic E-state index is 0.0628. The third-order valence-corrected chi connectivity index (χ3v) is 3.10. The SMILES string of the molecule is NC[C@H](CC(=O)O)c1ccc(Cl)s1. The van der Waals surface area contributed by atoms with E-state index in [0.29, 0.717) is 10.9 Å². The van der Waals surface area contributed by atoms with Crippen molar-refractivity contribution in [3.63, 3.8) is 0 Å². The zero-order valence-electron chi connectivity index (χ0n) is 6.87. The summed E-state index contributed by atoms with van der Waals surface area (Å²) < 4.78 is 0.666. The van der Waals surface area contributed by atoms with Gasteiger partial charge < -0.3 is 10.8 Å². The van der Waals surface area contributed by atoms with Crippen LogP contribution in [0.2, 0.25) is 4.34 Å². The van der Waals surface area contributed by atoms with Crippen molar-refractivity contribution in [1.29, 1.82) is 0 Å². The summed E-state index contributed by atoms with van der Waals surface area (Å²) in [7, 11) is 0. The summed E-state index contributed by atoms with van der Waals surface area (Å²) in [6.07, 6.45) is 0.0628. The van der Waals surface area contributed by atoms with Gasteiger partial charge in [-0.05, 0) is 12.1 Å². The zero-order chi connectivity index (χ0) is 9.84. The number of carboxylic acid groups (broad SMARTS) is 1. The third kappa shape index (κ3) is 2.99. The molecule has 72 valence electrons. The summed E-state index contributed by atoms with van der Waals surface area (Å²) in [5.74, 6) is -0.949. The fourth-order valence-electron chi connectivity index (χ4n) is 1.06. The molecule has 0 aliphatic carbocycles. The summed E-state index contributed by atoms with van der Waals surface area (Å²) in [6, 6.07) is 3.58. The van der Waals surface area contributed by atoms with Crippen LogP contribution in [0.15, 0.2) is 12.1 Å². The fraction of sp³-hybridized carbons (Fsp3) is 0.375. The van der Waals surface area contributed by atoms with Gasteiger partial charge >= 0.3 is 5.97 Å². The Kier molecular flexibility index (Phi) is 3.71. The van der Waals surface area contributed by atoms with E-state index in [1.165, 1.54) is 11.3 Å². The van der Waals surface area contributed by atoms with E-state index in [1.54, 1.807) is 6.07 Å². The minimum atomic E-state index is -0.833. The average Bonchev–Trinajstić information content (AvgIpc) is 2.47. The van der Waals surface area contributed by atoms with Crippen LogP contribution in [0.5, 0.6) is 0 Å². The summed E-state index contributed by atoms with van der Waals surface area (Å²) in [6.45, 7) is 0.336. The van der Waals surface area contributed by atoms with Gasteiger partial charge in [0.2, 0.25) is 0 Å². The monoisotopic (exact) mass is 219 g/mol. The minimum Gasteiger partial charge on any atom is -0.481 e. The first-order valence-corrected chi connectivity index (χ1v) is 5.00. The Balaban J connectivity index is 2.72. The number of thiophene rings is 1. The van der Waals surface area contributed by atoms with Gasteiger partial charge in [-0.25, -0.2) is 0 Å². The summed E-state index contributed by atoms with van der Waals surface area (Å²) >= 11 is 7.11. The average molecular weight is 220 g/mol. The Morgan fingerprint density at radius 3 is 2.77 bits per heavy atom. The van der Waals surface area contributed by atoms with Crippen LogP contribution in [0.4, 0.5) is 0 Å². The smallest absolute Gasteiger partial charge is 0.304 e. The Morgan fingerprint density at radius 2 is 2.38 bits per heavy atom. The van der Waals surface area contributed by atoms with Gasteiger partial charge in [0, 0.05) is 17.3 Å². The molecule has 1 atom stereocenters. The van der Waals surface area contributed by atoms with E-state index < -0.39 is 5.97 Å². The van der Waals surface area contributed by atoms with Crippen molar-refractivity contribution in [2.75, 3.05) is 6.54 Å². The van der Waals surface area contributed by atoms with Gasteiger partial charge in [0.05, 0.1) is 10.8 Å². The molecule has 0 unspecified atom stereocenters. The third-order valence-electron chi connectivity index (χ3n) is 1.70. The lowest BCUT2D eigenvalue weighted by Crippen LogP contribution is -2.15. The molecule has 0 radical (unpaired) electrons. The highest BCUT2D eigenvalue weighted by atomic mass is 35.5. The highest BCUT2D eigenvalue weighted by Gasteiger charge is 2.15. The van der Waals surface area contributed by atoms with Crippen LogP contribution in [0.3, 0.4) is 0 Å². The molecular weight excluding hydrogens is 210 g/mol. The number of carbonyl (C=O) groups is 1. The Hall–Kier alpha value is -0.580. The number of hydrogen-bond donors (Lipinski definition) is 2. The maximum absolute atomic E-state index is 10.5. The molecule has 3 N–H and O–H groups in total. The Labute approximate surface area is 85.1 Å². The van der Waals surface area contributed by atoms with E-state index in [1.807, 2.05) is 6.07 Å². The van der Waals surface area contributed by atoms with Crippen LogP contribution in [0.25, 0.3) is 0 Å². The molecule has 3 nitrogen and oxygen atoms in total. The number of halogens is 1. The summed E-state index contributed by atoms with van der Waals surface area (Å²) in [5.41, 5.74) is 5.46. The lowest BCUT2D eigenvalue weighted by molar-refractivity contribution is -0.137. The molecule has 0 aromatic carbocycles. The van der Waals surface area contributed by atoms with Gasteiger partial charge in [-0.1, -0.05) is 11.6 Å². The first-order valence-electron chi connectivity index (χ1n) is 3.80. The normalized spacial score (nSPS) is 12.8. The van der Waals surface area contributed by atoms with E-state index >= 15 is 0 Å². The number of carboxylic acids is 1. The topological polar surface area (TPSA) is 63.3 Å². The molecule has 0 aliphatic heterocycles. The summed E-state index contributed by atoms with van der Waals surface area (Å²) in [4.78, 5) is 11.4. The molecule has 0 aliphatic rings. The number of hydrogen-bond acceptors (Lipinski definition) is 3. The van der Waals surface area contributed by atoms with Crippen molar-refractivity contribution >= 4 is 28.9 Å². The van der Waals surface area contributed by atoms with Crippen LogP contribution in [0.1, 0.15) is 17.2 Å². The standard InChI is InChI=1S/C8H10ClNO2S/c9-7-2-1-6(13-7)5(4-10)3-8(11)12/h1-2,5H,3-4,10H2,(H,11,12)/t5-/m0/s1. The highest BCUT2D eigenvalue weighted by Crippen LogP contribution is 2.29. The first kappa shape index (κ1) is 10.5. The van der Waals surface area contributed by atoms with Gasteiger partial charge in [-0.15, -0.1) is 11.3 Å². The van der Waals surface area contributed by atoms with E-state index in [4.69, 9.17) is 22.4 Å². The van der Waals surface area contributed by atoms with Gasteiger partial charge in [-0.2, -0.15) is 0 Å². The van der Waals surface area contributed by atoms with Crippen LogP contribution in [0, 0.1) is 0 Å². The van der Waals surface area contributed by atoms with Gasteiger partial charge in [0.25, 0.3) is 0 Å². The molecule has 0 saturated carbocycles. The predicted molar refractivity (Wildman–Crippen MR) is 53.4 cm³/mol. The predicted octanol–water partition coefficient (Wildman–Crippen LogP) is 1.92. The Bertz CT molecular complexity index is 300. The van der Waals surface area contributed by atoms with E-state index in [-0.39, 0.29) is 12.3 Å². The molecule has 1 aromatic heterocycles. The first-order chi connectivity index (χ1) is 6.13. The van der Waals surface area contributed by atoms with Crippen molar-refractivity contribution in [3.05, 3.63) is 21.3 Å².